The quantitative estimate of drug-likeness (QED) is 0.521. The number of hydrogen-bond acceptors (Lipinski definition) is 6. The maximum absolute atomic E-state index is 12.8. The number of carboxylic acids is 1. The lowest BCUT2D eigenvalue weighted by Crippen LogP contribution is -2.16. The van der Waals surface area contributed by atoms with Gasteiger partial charge in [0.2, 0.25) is 0 Å². The van der Waals surface area contributed by atoms with Crippen LogP contribution in [0.3, 0.4) is 0 Å². The van der Waals surface area contributed by atoms with E-state index in [1.807, 2.05) is 0 Å². The lowest BCUT2D eigenvalue weighted by Gasteiger charge is -2.14. The van der Waals surface area contributed by atoms with Crippen molar-refractivity contribution in [1.29, 1.82) is 0 Å². The predicted molar refractivity (Wildman–Crippen MR) is 110 cm³/mol. The molecule has 11 heteroatoms. The first-order valence-electron chi connectivity index (χ1n) is 8.47. The molecule has 1 aromatic heterocycles. The molecule has 0 aliphatic carbocycles. The van der Waals surface area contributed by atoms with Crippen LogP contribution in [0, 0.1) is 13.8 Å². The summed E-state index contributed by atoms with van der Waals surface area (Å²) in [7, 11) is -4.15. The molecule has 1 amide bonds. The van der Waals surface area contributed by atoms with Gasteiger partial charge in [0, 0.05) is 5.69 Å². The molecule has 0 bridgehead atoms. The second-order valence-electron chi connectivity index (χ2n) is 6.34. The lowest BCUT2D eigenvalue weighted by atomic mass is 10.1. The van der Waals surface area contributed by atoms with Crippen LogP contribution in [0.25, 0.3) is 0 Å². The molecule has 0 saturated carbocycles. The van der Waals surface area contributed by atoms with Gasteiger partial charge in [0.1, 0.15) is 11.3 Å². The summed E-state index contributed by atoms with van der Waals surface area (Å²) in [5.41, 5.74) is 0.705. The van der Waals surface area contributed by atoms with Gasteiger partial charge in [-0.3, -0.25) is 9.52 Å². The van der Waals surface area contributed by atoms with Crippen molar-refractivity contribution in [2.45, 2.75) is 18.7 Å². The lowest BCUT2D eigenvalue weighted by molar-refractivity contribution is 0.0696. The van der Waals surface area contributed by atoms with Crippen LogP contribution in [-0.4, -0.2) is 30.6 Å². The molecule has 30 heavy (non-hydrogen) atoms. The number of aromatic nitrogens is 1. The minimum Gasteiger partial charge on any atom is -0.478 e. The molecule has 2 aromatic carbocycles. The number of aryl methyl sites for hydroxylation is 2. The van der Waals surface area contributed by atoms with Crippen LogP contribution in [0.4, 0.5) is 11.4 Å². The monoisotopic (exact) mass is 449 g/mol. The summed E-state index contributed by atoms with van der Waals surface area (Å²) in [6, 6.07) is 8.03. The molecule has 0 aliphatic heterocycles. The van der Waals surface area contributed by atoms with E-state index in [2.05, 4.69) is 15.2 Å². The zero-order valence-electron chi connectivity index (χ0n) is 15.8. The Bertz CT molecular complexity index is 1250. The number of sulfonamides is 1. The van der Waals surface area contributed by atoms with Gasteiger partial charge in [-0.1, -0.05) is 22.8 Å². The van der Waals surface area contributed by atoms with Crippen LogP contribution >= 0.6 is 11.6 Å². The third kappa shape index (κ3) is 4.44. The molecular weight excluding hydrogens is 434 g/mol. The number of carbonyl (C=O) groups is 2. The van der Waals surface area contributed by atoms with Crippen LogP contribution in [0.5, 0.6) is 0 Å². The van der Waals surface area contributed by atoms with Gasteiger partial charge in [-0.15, -0.1) is 0 Å². The van der Waals surface area contributed by atoms with Crippen molar-refractivity contribution in [2.75, 3.05) is 10.0 Å². The Balaban J connectivity index is 1.90. The molecule has 156 valence electrons. The van der Waals surface area contributed by atoms with Crippen molar-refractivity contribution in [3.05, 3.63) is 70.1 Å². The fourth-order valence-electron chi connectivity index (χ4n) is 2.62. The van der Waals surface area contributed by atoms with Gasteiger partial charge in [0.15, 0.2) is 0 Å². The van der Waals surface area contributed by atoms with E-state index in [1.165, 1.54) is 36.5 Å². The Kier molecular flexibility index (Phi) is 5.81. The average molecular weight is 450 g/mol. The van der Waals surface area contributed by atoms with Gasteiger partial charge in [-0.25, -0.2) is 13.2 Å². The zero-order valence-corrected chi connectivity index (χ0v) is 17.3. The zero-order chi connectivity index (χ0) is 22.1. The highest BCUT2D eigenvalue weighted by Crippen LogP contribution is 2.29. The first kappa shape index (κ1) is 21.3. The van der Waals surface area contributed by atoms with E-state index in [-0.39, 0.29) is 32.4 Å². The first-order chi connectivity index (χ1) is 14.1. The van der Waals surface area contributed by atoms with Gasteiger partial charge in [0.05, 0.1) is 27.4 Å². The highest BCUT2D eigenvalue weighted by molar-refractivity contribution is 7.92. The summed E-state index contributed by atoms with van der Waals surface area (Å²) in [5.74, 6) is -1.41. The van der Waals surface area contributed by atoms with E-state index in [9.17, 15) is 18.0 Å². The fourth-order valence-corrected chi connectivity index (χ4v) is 4.18. The van der Waals surface area contributed by atoms with E-state index in [0.29, 0.717) is 11.3 Å². The number of carbonyl (C=O) groups excluding carboxylic acids is 1. The van der Waals surface area contributed by atoms with E-state index in [0.717, 1.165) is 6.07 Å². The summed E-state index contributed by atoms with van der Waals surface area (Å²) in [6.07, 6.45) is 1.27. The molecule has 3 aromatic rings. The molecule has 0 spiro atoms. The van der Waals surface area contributed by atoms with E-state index >= 15 is 0 Å². The molecule has 0 atom stereocenters. The number of rotatable bonds is 6. The van der Waals surface area contributed by atoms with Gasteiger partial charge < -0.3 is 14.9 Å². The second kappa shape index (κ2) is 8.17. The van der Waals surface area contributed by atoms with E-state index in [4.69, 9.17) is 21.2 Å². The van der Waals surface area contributed by atoms with Crippen molar-refractivity contribution in [3.8, 4) is 0 Å². The third-order valence-electron chi connectivity index (χ3n) is 4.19. The molecule has 1 heterocycles. The van der Waals surface area contributed by atoms with Crippen molar-refractivity contribution in [3.63, 3.8) is 0 Å². The molecular formula is C19H16ClN3O6S. The van der Waals surface area contributed by atoms with E-state index in [1.54, 1.807) is 13.8 Å². The second-order valence-corrected chi connectivity index (χ2v) is 8.39. The molecule has 0 radical (unpaired) electrons. The highest BCUT2D eigenvalue weighted by Gasteiger charge is 2.21. The molecule has 3 N–H and O–H groups in total. The predicted octanol–water partition coefficient (Wildman–Crippen LogP) is 3.70. The van der Waals surface area contributed by atoms with Gasteiger partial charge in [0.25, 0.3) is 15.9 Å². The van der Waals surface area contributed by atoms with Gasteiger partial charge in [-0.05, 0) is 49.7 Å². The number of amides is 1. The number of halogens is 1. The first-order valence-corrected chi connectivity index (χ1v) is 10.3. The number of nitrogens with one attached hydrogen (secondary N) is 2. The fraction of sp³-hybridized carbons (Fsp3) is 0.105. The van der Waals surface area contributed by atoms with Crippen LogP contribution in [0.15, 0.2) is 52.0 Å². The summed E-state index contributed by atoms with van der Waals surface area (Å²) in [6.45, 7) is 3.12. The molecule has 0 unspecified atom stereocenters. The standard InChI is InChI=1S/C19H16ClN3O6S/c1-10-3-4-12(19(25)26)7-17(10)30(27,28)23-16-8-13(5-6-15(16)20)22-18(24)14-9-21-29-11(14)2/h3-9,23H,1-2H3,(H,22,24)(H,25,26). The van der Waals surface area contributed by atoms with Gasteiger partial charge in [-0.2, -0.15) is 0 Å². The molecule has 0 fully saturated rings. The Hall–Kier alpha value is -3.37. The van der Waals surface area contributed by atoms with Crippen LogP contribution in [-0.2, 0) is 10.0 Å². The Morgan fingerprint density at radius 1 is 1.13 bits per heavy atom. The normalized spacial score (nSPS) is 11.2. The maximum atomic E-state index is 12.8. The Morgan fingerprint density at radius 3 is 2.50 bits per heavy atom. The SMILES string of the molecule is Cc1ccc(C(=O)O)cc1S(=O)(=O)Nc1cc(NC(=O)c2cnoc2C)ccc1Cl. The number of carboxylic acid groups (broad SMARTS) is 1. The van der Waals surface area contributed by atoms with Crippen molar-refractivity contribution < 1.29 is 27.6 Å². The summed E-state index contributed by atoms with van der Waals surface area (Å²) in [4.78, 5) is 23.3. The van der Waals surface area contributed by atoms with E-state index < -0.39 is 21.9 Å². The summed E-state index contributed by atoms with van der Waals surface area (Å²) < 4.78 is 32.9. The van der Waals surface area contributed by atoms with Crippen molar-refractivity contribution in [2.24, 2.45) is 0 Å². The Morgan fingerprint density at radius 2 is 1.87 bits per heavy atom. The smallest absolute Gasteiger partial charge is 0.335 e. The van der Waals surface area contributed by atoms with Crippen molar-refractivity contribution >= 4 is 44.9 Å². The molecule has 3 rings (SSSR count). The Labute approximate surface area is 176 Å². The molecule has 0 saturated heterocycles. The topological polar surface area (TPSA) is 139 Å². The van der Waals surface area contributed by atoms with Crippen molar-refractivity contribution in [1.82, 2.24) is 5.16 Å². The minimum atomic E-state index is -4.15. The number of aromatic carboxylic acids is 1. The van der Waals surface area contributed by atoms with Crippen LogP contribution in [0.1, 0.15) is 32.0 Å². The highest BCUT2D eigenvalue weighted by atomic mass is 35.5. The maximum Gasteiger partial charge on any atom is 0.335 e. The summed E-state index contributed by atoms with van der Waals surface area (Å²) in [5, 5.41) is 15.4. The molecule has 0 aliphatic rings. The van der Waals surface area contributed by atoms with Crippen LogP contribution < -0.4 is 10.0 Å². The molecule has 9 nitrogen and oxygen atoms in total. The largest absolute Gasteiger partial charge is 0.478 e. The average Bonchev–Trinajstić information content (AvgIpc) is 3.10. The minimum absolute atomic E-state index is 0.0108. The number of nitrogens with zero attached hydrogens (tertiary/aromatic N) is 1. The third-order valence-corrected chi connectivity index (χ3v) is 6.03. The number of benzene rings is 2. The summed E-state index contributed by atoms with van der Waals surface area (Å²) >= 11 is 6.11. The number of hydrogen-bond donors (Lipinski definition) is 3. The van der Waals surface area contributed by atoms with Crippen LogP contribution in [0.2, 0.25) is 5.02 Å². The van der Waals surface area contributed by atoms with Gasteiger partial charge >= 0.3 is 5.97 Å². The number of anilines is 2.